The highest BCUT2D eigenvalue weighted by Gasteiger charge is 2.43. The first-order valence-corrected chi connectivity index (χ1v) is 13.7. The Morgan fingerprint density at radius 3 is 2.54 bits per heavy atom. The molecule has 0 fully saturated rings. The van der Waals surface area contributed by atoms with Crippen LogP contribution in [0.2, 0.25) is 5.02 Å². The third kappa shape index (κ3) is 4.72. The van der Waals surface area contributed by atoms with E-state index in [1.165, 1.54) is 0 Å². The molecule has 0 N–H and O–H groups in total. The number of fused-ring (bicyclic) bond motifs is 3. The molecule has 2 atom stereocenters. The number of hydrogen-bond acceptors (Lipinski definition) is 5. The summed E-state index contributed by atoms with van der Waals surface area (Å²) < 4.78 is 20.3. The van der Waals surface area contributed by atoms with Crippen molar-refractivity contribution >= 4 is 49.2 Å². The average molecular weight is 641 g/mol. The Labute approximate surface area is 236 Å². The molecule has 0 saturated heterocycles. The van der Waals surface area contributed by atoms with E-state index in [0.29, 0.717) is 17.4 Å². The number of benzene rings is 3. The standard InChI is InChI=1S/C29H21Br2ClN2O3/c1-2-13-35-21-9-5-17(6-10-21)24-16-25-22-14-19(30)15-23(31)28(22)37-29(34(25)33-24)27-12-11-26(36-27)18-3-7-20(32)8-4-18/h2-12,14-15,25,29H,1,13,16H2. The summed E-state index contributed by atoms with van der Waals surface area (Å²) in [5, 5.41) is 7.73. The Hall–Kier alpha value is -3.00. The summed E-state index contributed by atoms with van der Waals surface area (Å²) in [6.07, 6.45) is 1.94. The molecule has 0 radical (unpaired) electrons. The molecule has 0 bridgehead atoms. The van der Waals surface area contributed by atoms with E-state index in [9.17, 15) is 0 Å². The van der Waals surface area contributed by atoms with Crippen molar-refractivity contribution in [1.82, 2.24) is 5.01 Å². The van der Waals surface area contributed by atoms with Crippen molar-refractivity contribution in [3.05, 3.63) is 116 Å². The van der Waals surface area contributed by atoms with Crippen molar-refractivity contribution in [3.63, 3.8) is 0 Å². The largest absolute Gasteiger partial charge is 0.490 e. The van der Waals surface area contributed by atoms with E-state index < -0.39 is 6.23 Å². The summed E-state index contributed by atoms with van der Waals surface area (Å²) in [4.78, 5) is 0. The smallest absolute Gasteiger partial charge is 0.246 e. The minimum atomic E-state index is -0.524. The third-order valence-electron chi connectivity index (χ3n) is 6.36. The second kappa shape index (κ2) is 10.0. The molecule has 3 heterocycles. The molecular weight excluding hydrogens is 620 g/mol. The van der Waals surface area contributed by atoms with E-state index in [-0.39, 0.29) is 6.04 Å². The topological polar surface area (TPSA) is 47.2 Å². The van der Waals surface area contributed by atoms with Gasteiger partial charge in [-0.15, -0.1) is 0 Å². The maximum atomic E-state index is 6.54. The van der Waals surface area contributed by atoms with Crippen LogP contribution in [0.15, 0.2) is 104 Å². The number of halogens is 3. The molecule has 0 spiro atoms. The lowest BCUT2D eigenvalue weighted by molar-refractivity contribution is -0.0328. The molecule has 1 aromatic heterocycles. The minimum absolute atomic E-state index is 0.0154. The van der Waals surface area contributed by atoms with Crippen molar-refractivity contribution in [2.24, 2.45) is 5.10 Å². The zero-order valence-corrected chi connectivity index (χ0v) is 23.5. The van der Waals surface area contributed by atoms with E-state index in [1.807, 2.05) is 71.7 Å². The SMILES string of the molecule is C=CCOc1ccc(C2=NN3C(C2)c2cc(Br)cc(Br)c2OC3c2ccc(-c3ccc(Cl)cc3)o2)cc1. The van der Waals surface area contributed by atoms with Crippen LogP contribution in [0.4, 0.5) is 0 Å². The Morgan fingerprint density at radius 2 is 1.78 bits per heavy atom. The van der Waals surface area contributed by atoms with Crippen LogP contribution in [0, 0.1) is 0 Å². The van der Waals surface area contributed by atoms with Gasteiger partial charge in [-0.1, -0.05) is 40.2 Å². The van der Waals surface area contributed by atoms with Crippen LogP contribution in [0.1, 0.15) is 35.6 Å². The predicted octanol–water partition coefficient (Wildman–Crippen LogP) is 8.93. The molecular formula is C29H21Br2ClN2O3. The quantitative estimate of drug-likeness (QED) is 0.198. The summed E-state index contributed by atoms with van der Waals surface area (Å²) in [6.45, 7) is 4.17. The number of nitrogens with zero attached hydrogens (tertiary/aromatic N) is 2. The Balaban J connectivity index is 1.37. The van der Waals surface area contributed by atoms with Crippen LogP contribution in [0.25, 0.3) is 11.3 Å². The first-order valence-electron chi connectivity index (χ1n) is 11.7. The van der Waals surface area contributed by atoms with E-state index in [4.69, 9.17) is 30.6 Å². The van der Waals surface area contributed by atoms with Crippen LogP contribution in [-0.2, 0) is 0 Å². The minimum Gasteiger partial charge on any atom is -0.490 e. The molecule has 0 saturated carbocycles. The molecule has 4 aromatic rings. The van der Waals surface area contributed by atoms with Crippen LogP contribution in [0.3, 0.4) is 0 Å². The van der Waals surface area contributed by atoms with Gasteiger partial charge in [0.2, 0.25) is 6.23 Å². The van der Waals surface area contributed by atoms with Gasteiger partial charge in [0.15, 0.2) is 5.76 Å². The van der Waals surface area contributed by atoms with Gasteiger partial charge in [0, 0.05) is 27.0 Å². The Kier molecular flexibility index (Phi) is 6.61. The van der Waals surface area contributed by atoms with Crippen molar-refractivity contribution < 1.29 is 13.9 Å². The van der Waals surface area contributed by atoms with Gasteiger partial charge in [0.25, 0.3) is 0 Å². The Bertz CT molecular complexity index is 1500. The molecule has 2 unspecified atom stereocenters. The van der Waals surface area contributed by atoms with Crippen molar-refractivity contribution in [2.45, 2.75) is 18.7 Å². The van der Waals surface area contributed by atoms with E-state index >= 15 is 0 Å². The molecule has 2 aliphatic rings. The molecule has 37 heavy (non-hydrogen) atoms. The monoisotopic (exact) mass is 638 g/mol. The van der Waals surface area contributed by atoms with Gasteiger partial charge in [-0.3, -0.25) is 0 Å². The fraction of sp³-hybridized carbons (Fsp3) is 0.138. The molecule has 8 heteroatoms. The lowest BCUT2D eigenvalue weighted by atomic mass is 9.96. The van der Waals surface area contributed by atoms with Crippen LogP contribution >= 0.6 is 43.5 Å². The lowest BCUT2D eigenvalue weighted by Crippen LogP contribution is -2.33. The summed E-state index contributed by atoms with van der Waals surface area (Å²) in [5.41, 5.74) is 4.02. The van der Waals surface area contributed by atoms with Gasteiger partial charge in [0.05, 0.1) is 16.2 Å². The highest BCUT2D eigenvalue weighted by atomic mass is 79.9. The Morgan fingerprint density at radius 1 is 1.03 bits per heavy atom. The lowest BCUT2D eigenvalue weighted by Gasteiger charge is -2.37. The van der Waals surface area contributed by atoms with Gasteiger partial charge in [0.1, 0.15) is 23.9 Å². The van der Waals surface area contributed by atoms with Gasteiger partial charge in [-0.05, 0) is 94.3 Å². The summed E-state index contributed by atoms with van der Waals surface area (Å²) in [5.74, 6) is 3.01. The first-order chi connectivity index (χ1) is 18.0. The van der Waals surface area contributed by atoms with Crippen LogP contribution in [0.5, 0.6) is 11.5 Å². The molecule has 2 aliphatic heterocycles. The fourth-order valence-electron chi connectivity index (χ4n) is 4.63. The second-order valence-corrected chi connectivity index (χ2v) is 11.0. The van der Waals surface area contributed by atoms with Crippen molar-refractivity contribution in [1.29, 1.82) is 0 Å². The number of furan rings is 1. The number of ether oxygens (including phenoxy) is 2. The molecule has 0 aliphatic carbocycles. The zero-order valence-electron chi connectivity index (χ0n) is 19.5. The first kappa shape index (κ1) is 24.3. The molecule has 5 nitrogen and oxygen atoms in total. The van der Waals surface area contributed by atoms with Crippen LogP contribution in [-0.4, -0.2) is 17.3 Å². The fourth-order valence-corrected chi connectivity index (χ4v) is 6.11. The number of hydrazone groups is 1. The second-order valence-electron chi connectivity index (χ2n) is 8.76. The van der Waals surface area contributed by atoms with Crippen molar-refractivity contribution in [3.8, 4) is 22.8 Å². The van der Waals surface area contributed by atoms with E-state index in [0.717, 1.165) is 55.0 Å². The number of hydrogen-bond donors (Lipinski definition) is 0. The van der Waals surface area contributed by atoms with E-state index in [2.05, 4.69) is 44.5 Å². The molecule has 3 aromatic carbocycles. The highest BCUT2D eigenvalue weighted by Crippen LogP contribution is 2.51. The van der Waals surface area contributed by atoms with Gasteiger partial charge in [-0.2, -0.15) is 5.10 Å². The van der Waals surface area contributed by atoms with Gasteiger partial charge in [-0.25, -0.2) is 5.01 Å². The summed E-state index contributed by atoms with van der Waals surface area (Å²) in [7, 11) is 0. The maximum Gasteiger partial charge on any atom is 0.246 e. The van der Waals surface area contributed by atoms with Gasteiger partial charge >= 0.3 is 0 Å². The van der Waals surface area contributed by atoms with Crippen LogP contribution < -0.4 is 9.47 Å². The van der Waals surface area contributed by atoms with E-state index in [1.54, 1.807) is 6.08 Å². The molecule has 186 valence electrons. The third-order valence-corrected chi connectivity index (χ3v) is 7.66. The average Bonchev–Trinajstić information content (AvgIpc) is 3.56. The summed E-state index contributed by atoms with van der Waals surface area (Å²) in [6, 6.07) is 23.5. The highest BCUT2D eigenvalue weighted by molar-refractivity contribution is 9.11. The molecule has 0 amide bonds. The van der Waals surface area contributed by atoms with Gasteiger partial charge < -0.3 is 13.9 Å². The normalized spacial score (nSPS) is 18.0. The van der Waals surface area contributed by atoms with Crippen molar-refractivity contribution in [2.75, 3.05) is 6.61 Å². The number of rotatable bonds is 6. The summed E-state index contributed by atoms with van der Waals surface area (Å²) >= 11 is 13.4. The molecule has 6 rings (SSSR count). The maximum absolute atomic E-state index is 6.54. The predicted molar refractivity (Wildman–Crippen MR) is 152 cm³/mol. The zero-order chi connectivity index (χ0) is 25.5.